The molecule has 4 nitrogen and oxygen atoms in total. The standard InChI is InChI=1S/C12H9BrClFN2O2/c1-19-11-3-2-10(16-17-11)12(18)6-4-7(13)9(15)5-8(6)14/h2-5,12,18H,1H3. The first-order chi connectivity index (χ1) is 9.02. The van der Waals surface area contributed by atoms with Crippen LogP contribution in [0.1, 0.15) is 17.4 Å². The highest BCUT2D eigenvalue weighted by atomic mass is 79.9. The van der Waals surface area contributed by atoms with Crippen LogP contribution in [-0.2, 0) is 0 Å². The van der Waals surface area contributed by atoms with Crippen LogP contribution in [0.3, 0.4) is 0 Å². The largest absolute Gasteiger partial charge is 0.480 e. The molecule has 0 bridgehead atoms. The van der Waals surface area contributed by atoms with Gasteiger partial charge < -0.3 is 9.84 Å². The van der Waals surface area contributed by atoms with E-state index in [1.807, 2.05) is 0 Å². The second kappa shape index (κ2) is 5.81. The monoisotopic (exact) mass is 346 g/mol. The molecule has 2 rings (SSSR count). The van der Waals surface area contributed by atoms with E-state index in [-0.39, 0.29) is 9.50 Å². The van der Waals surface area contributed by atoms with E-state index >= 15 is 0 Å². The van der Waals surface area contributed by atoms with E-state index in [1.165, 1.54) is 13.2 Å². The lowest BCUT2D eigenvalue weighted by molar-refractivity contribution is 0.213. The number of aliphatic hydroxyl groups is 1. The molecular weight excluding hydrogens is 338 g/mol. The fraction of sp³-hybridized carbons (Fsp3) is 0.167. The molecule has 1 aromatic carbocycles. The predicted molar refractivity (Wildman–Crippen MR) is 71.8 cm³/mol. The molecule has 19 heavy (non-hydrogen) atoms. The summed E-state index contributed by atoms with van der Waals surface area (Å²) in [6.07, 6.45) is -1.09. The Morgan fingerprint density at radius 2 is 2.11 bits per heavy atom. The quantitative estimate of drug-likeness (QED) is 0.867. The zero-order valence-electron chi connectivity index (χ0n) is 9.77. The molecule has 1 atom stereocenters. The first-order valence-electron chi connectivity index (χ1n) is 5.23. The maximum absolute atomic E-state index is 13.3. The summed E-state index contributed by atoms with van der Waals surface area (Å²) in [4.78, 5) is 0. The van der Waals surface area contributed by atoms with Gasteiger partial charge in [0.1, 0.15) is 11.9 Å². The summed E-state index contributed by atoms with van der Waals surface area (Å²) in [5.74, 6) is -0.163. The molecule has 1 unspecified atom stereocenters. The highest BCUT2D eigenvalue weighted by Crippen LogP contribution is 2.31. The Balaban J connectivity index is 2.37. The molecule has 2 aromatic rings. The summed E-state index contributed by atoms with van der Waals surface area (Å²) >= 11 is 8.95. The SMILES string of the molecule is COc1ccc(C(O)c2cc(Br)c(F)cc2Cl)nn1. The van der Waals surface area contributed by atoms with Gasteiger partial charge in [0.15, 0.2) is 0 Å². The van der Waals surface area contributed by atoms with Crippen LogP contribution < -0.4 is 4.74 Å². The topological polar surface area (TPSA) is 55.2 Å². The molecule has 100 valence electrons. The number of rotatable bonds is 3. The number of hydrogen-bond acceptors (Lipinski definition) is 4. The van der Waals surface area contributed by atoms with E-state index in [1.54, 1.807) is 12.1 Å². The van der Waals surface area contributed by atoms with Gasteiger partial charge in [-0.05, 0) is 34.1 Å². The van der Waals surface area contributed by atoms with Crippen molar-refractivity contribution in [3.63, 3.8) is 0 Å². The average molecular weight is 348 g/mol. The summed E-state index contributed by atoms with van der Waals surface area (Å²) < 4.78 is 18.4. The molecule has 1 aromatic heterocycles. The minimum Gasteiger partial charge on any atom is -0.480 e. The van der Waals surface area contributed by atoms with E-state index in [9.17, 15) is 9.50 Å². The normalized spacial score (nSPS) is 12.3. The van der Waals surface area contributed by atoms with E-state index in [0.717, 1.165) is 6.07 Å². The van der Waals surface area contributed by atoms with Crippen LogP contribution in [0.25, 0.3) is 0 Å². The van der Waals surface area contributed by atoms with Crippen LogP contribution in [0, 0.1) is 5.82 Å². The first kappa shape index (κ1) is 14.2. The highest BCUT2D eigenvalue weighted by Gasteiger charge is 2.18. The van der Waals surface area contributed by atoms with E-state index < -0.39 is 11.9 Å². The minimum atomic E-state index is -1.09. The second-order valence-corrected chi connectivity index (χ2v) is 4.95. The summed E-state index contributed by atoms with van der Waals surface area (Å²) in [6, 6.07) is 5.66. The highest BCUT2D eigenvalue weighted by molar-refractivity contribution is 9.10. The van der Waals surface area contributed by atoms with Crippen molar-refractivity contribution in [2.45, 2.75) is 6.10 Å². The Hall–Kier alpha value is -1.24. The van der Waals surface area contributed by atoms with Crippen molar-refractivity contribution in [3.05, 3.63) is 50.8 Å². The minimum absolute atomic E-state index is 0.116. The van der Waals surface area contributed by atoms with Crippen molar-refractivity contribution in [2.24, 2.45) is 0 Å². The van der Waals surface area contributed by atoms with Gasteiger partial charge in [-0.3, -0.25) is 0 Å². The lowest BCUT2D eigenvalue weighted by Crippen LogP contribution is -2.05. The number of ether oxygens (including phenoxy) is 1. The molecule has 0 aliphatic heterocycles. The van der Waals surface area contributed by atoms with Gasteiger partial charge >= 0.3 is 0 Å². The number of aliphatic hydroxyl groups excluding tert-OH is 1. The third-order valence-electron chi connectivity index (χ3n) is 2.48. The Morgan fingerprint density at radius 3 is 2.68 bits per heavy atom. The molecule has 0 fully saturated rings. The zero-order valence-corrected chi connectivity index (χ0v) is 12.1. The average Bonchev–Trinajstić information content (AvgIpc) is 2.42. The Bertz CT molecular complexity index is 595. The Labute approximate surface area is 122 Å². The van der Waals surface area contributed by atoms with E-state index in [0.29, 0.717) is 17.1 Å². The van der Waals surface area contributed by atoms with Gasteiger partial charge in [-0.15, -0.1) is 10.2 Å². The number of hydrogen-bond donors (Lipinski definition) is 1. The van der Waals surface area contributed by atoms with E-state index in [4.69, 9.17) is 16.3 Å². The third-order valence-corrected chi connectivity index (χ3v) is 3.42. The molecule has 0 aliphatic rings. The summed E-state index contributed by atoms with van der Waals surface area (Å²) in [5.41, 5.74) is 0.635. The lowest BCUT2D eigenvalue weighted by atomic mass is 10.1. The van der Waals surface area contributed by atoms with Crippen molar-refractivity contribution in [1.82, 2.24) is 10.2 Å². The molecule has 0 aliphatic carbocycles. The fourth-order valence-corrected chi connectivity index (χ4v) is 2.11. The van der Waals surface area contributed by atoms with Crippen LogP contribution in [0.2, 0.25) is 5.02 Å². The first-order valence-corrected chi connectivity index (χ1v) is 6.40. The van der Waals surface area contributed by atoms with Crippen molar-refractivity contribution in [1.29, 1.82) is 0 Å². The second-order valence-electron chi connectivity index (χ2n) is 3.69. The van der Waals surface area contributed by atoms with Gasteiger partial charge in [-0.2, -0.15) is 0 Å². The van der Waals surface area contributed by atoms with Gasteiger partial charge in [0.25, 0.3) is 0 Å². The van der Waals surface area contributed by atoms with Crippen LogP contribution in [0.4, 0.5) is 4.39 Å². The molecule has 0 saturated heterocycles. The van der Waals surface area contributed by atoms with Crippen LogP contribution in [-0.4, -0.2) is 22.4 Å². The number of halogens is 3. The third kappa shape index (κ3) is 3.02. The van der Waals surface area contributed by atoms with Crippen LogP contribution >= 0.6 is 27.5 Å². The molecule has 7 heteroatoms. The Morgan fingerprint density at radius 1 is 1.37 bits per heavy atom. The molecule has 0 amide bonds. The summed E-state index contributed by atoms with van der Waals surface area (Å²) in [5, 5.41) is 17.9. The van der Waals surface area contributed by atoms with Gasteiger partial charge in [-0.1, -0.05) is 11.6 Å². The molecule has 1 N–H and O–H groups in total. The number of benzene rings is 1. The summed E-state index contributed by atoms with van der Waals surface area (Å²) in [6.45, 7) is 0. The number of methoxy groups -OCH3 is 1. The van der Waals surface area contributed by atoms with Crippen molar-refractivity contribution >= 4 is 27.5 Å². The van der Waals surface area contributed by atoms with Crippen LogP contribution in [0.15, 0.2) is 28.7 Å². The number of aromatic nitrogens is 2. The smallest absolute Gasteiger partial charge is 0.233 e. The van der Waals surface area contributed by atoms with Gasteiger partial charge in [0.05, 0.1) is 17.3 Å². The number of nitrogens with zero attached hydrogens (tertiary/aromatic N) is 2. The molecule has 0 radical (unpaired) electrons. The molecule has 0 spiro atoms. The predicted octanol–water partition coefficient (Wildman–Crippen LogP) is 3.12. The van der Waals surface area contributed by atoms with Crippen LogP contribution in [0.5, 0.6) is 5.88 Å². The van der Waals surface area contributed by atoms with Gasteiger partial charge in [0, 0.05) is 16.7 Å². The maximum Gasteiger partial charge on any atom is 0.233 e. The molecule has 0 saturated carbocycles. The zero-order chi connectivity index (χ0) is 14.0. The van der Waals surface area contributed by atoms with Crippen molar-refractivity contribution in [3.8, 4) is 5.88 Å². The summed E-state index contributed by atoms with van der Waals surface area (Å²) in [7, 11) is 1.47. The molecular formula is C12H9BrClFN2O2. The van der Waals surface area contributed by atoms with Crippen molar-refractivity contribution in [2.75, 3.05) is 7.11 Å². The fourth-order valence-electron chi connectivity index (χ4n) is 1.49. The molecule has 1 heterocycles. The lowest BCUT2D eigenvalue weighted by Gasteiger charge is -2.12. The van der Waals surface area contributed by atoms with E-state index in [2.05, 4.69) is 26.1 Å². The van der Waals surface area contributed by atoms with Gasteiger partial charge in [-0.25, -0.2) is 4.39 Å². The van der Waals surface area contributed by atoms with Gasteiger partial charge in [0.2, 0.25) is 5.88 Å². The Kier molecular flexibility index (Phi) is 4.34. The van der Waals surface area contributed by atoms with Crippen molar-refractivity contribution < 1.29 is 14.2 Å². The maximum atomic E-state index is 13.3.